The quantitative estimate of drug-likeness (QED) is 0.506. The van der Waals surface area contributed by atoms with Gasteiger partial charge in [0, 0.05) is 5.69 Å². The third kappa shape index (κ3) is 3.24. The van der Waals surface area contributed by atoms with Gasteiger partial charge in [-0.15, -0.1) is 11.3 Å². The zero-order valence-corrected chi connectivity index (χ0v) is 18.0. The molecule has 3 aliphatic rings. The minimum absolute atomic E-state index is 0.0639. The van der Waals surface area contributed by atoms with Crippen LogP contribution >= 0.6 is 11.3 Å². The molecule has 1 atom stereocenters. The summed E-state index contributed by atoms with van der Waals surface area (Å²) in [5, 5.41) is 35.0. The third-order valence-electron chi connectivity index (χ3n) is 6.40. The van der Waals surface area contributed by atoms with Crippen LogP contribution in [0, 0.1) is 11.3 Å². The van der Waals surface area contributed by atoms with Gasteiger partial charge in [-0.2, -0.15) is 9.98 Å². The van der Waals surface area contributed by atoms with E-state index in [0.29, 0.717) is 18.4 Å². The number of fused-ring (bicyclic) bond motifs is 2. The maximum Gasteiger partial charge on any atom is 0.253 e. The van der Waals surface area contributed by atoms with Crippen molar-refractivity contribution >= 4 is 27.0 Å². The Bertz CT molecular complexity index is 1140. The van der Waals surface area contributed by atoms with E-state index >= 15 is 0 Å². The molecule has 2 aromatic rings. The van der Waals surface area contributed by atoms with E-state index in [4.69, 9.17) is 0 Å². The Labute approximate surface area is 179 Å². The second-order valence-electron chi connectivity index (χ2n) is 8.34. The first-order valence-corrected chi connectivity index (χ1v) is 12.6. The van der Waals surface area contributed by atoms with Crippen molar-refractivity contribution in [1.29, 1.82) is 5.26 Å². The van der Waals surface area contributed by atoms with Gasteiger partial charge in [-0.1, -0.05) is 0 Å². The first-order valence-electron chi connectivity index (χ1n) is 10.2. The number of nitrogens with zero attached hydrogens (tertiary/aromatic N) is 1. The Balaban J connectivity index is 1.41. The van der Waals surface area contributed by atoms with Crippen molar-refractivity contribution in [3.63, 3.8) is 0 Å². The van der Waals surface area contributed by atoms with Crippen molar-refractivity contribution in [3.05, 3.63) is 44.8 Å². The van der Waals surface area contributed by atoms with E-state index in [-0.39, 0.29) is 4.21 Å². The van der Waals surface area contributed by atoms with Gasteiger partial charge < -0.3 is 15.5 Å². The fraction of sp³-hybridized carbons (Fsp3) is 0.476. The molecule has 0 aliphatic heterocycles. The summed E-state index contributed by atoms with van der Waals surface area (Å²) < 4.78 is 27.8. The van der Waals surface area contributed by atoms with Crippen LogP contribution < -0.4 is 10.0 Å². The van der Waals surface area contributed by atoms with Crippen molar-refractivity contribution in [2.75, 3.05) is 5.32 Å². The van der Waals surface area contributed by atoms with E-state index < -0.39 is 22.0 Å². The lowest BCUT2D eigenvalue weighted by Crippen LogP contribution is -2.40. The van der Waals surface area contributed by atoms with Crippen LogP contribution in [-0.4, -0.2) is 25.0 Å². The molecule has 0 radical (unpaired) electrons. The number of thiophene rings is 1. The predicted molar refractivity (Wildman–Crippen MR) is 113 cm³/mol. The van der Waals surface area contributed by atoms with Crippen LogP contribution in [0.4, 0.5) is 5.69 Å². The van der Waals surface area contributed by atoms with Crippen LogP contribution in [-0.2, 0) is 41.3 Å². The normalized spacial score (nSPS) is 19.8. The highest BCUT2D eigenvalue weighted by molar-refractivity contribution is 7.91. The van der Waals surface area contributed by atoms with Gasteiger partial charge in [-0.05, 0) is 90.6 Å². The summed E-state index contributed by atoms with van der Waals surface area (Å²) in [7, 11) is -3.94. The summed E-state index contributed by atoms with van der Waals surface area (Å²) in [6.07, 6.45) is 4.97. The van der Waals surface area contributed by atoms with Crippen LogP contribution in [0.2, 0.25) is 0 Å². The highest BCUT2D eigenvalue weighted by Gasteiger charge is 2.43. The van der Waals surface area contributed by atoms with Crippen LogP contribution in [0.5, 0.6) is 0 Å². The molecule has 4 N–H and O–H groups in total. The molecule has 1 heterocycles. The smallest absolute Gasteiger partial charge is 0.253 e. The van der Waals surface area contributed by atoms with Gasteiger partial charge in [0.1, 0.15) is 4.21 Å². The minimum Gasteiger partial charge on any atom is -0.385 e. The van der Waals surface area contributed by atoms with E-state index in [0.717, 1.165) is 83.4 Å². The average Bonchev–Trinajstić information content (AvgIpc) is 3.19. The first-order chi connectivity index (χ1) is 14.3. The Hall–Kier alpha value is -1.96. The molecule has 5 rings (SSSR count). The number of aliphatic hydroxyl groups excluding tert-OH is 1. The fourth-order valence-electron chi connectivity index (χ4n) is 4.74. The Morgan fingerprint density at radius 3 is 2.27 bits per heavy atom. The molecule has 7 nitrogen and oxygen atoms in total. The van der Waals surface area contributed by atoms with Crippen molar-refractivity contribution in [2.45, 2.75) is 67.5 Å². The highest BCUT2D eigenvalue weighted by Crippen LogP contribution is 2.47. The molecular formula is C21H23N3O4S2. The SMILES string of the molecule is N#Cc1c2c(c(NC(O)NS(=O)(=O)c3cc(C4(O)CC4)cs3)c3c1CCC3)CCC2. The molecule has 0 amide bonds. The summed E-state index contributed by atoms with van der Waals surface area (Å²) >= 11 is 1.03. The molecule has 9 heteroatoms. The molecule has 0 bridgehead atoms. The number of aliphatic hydroxyl groups is 2. The van der Waals surface area contributed by atoms with Gasteiger partial charge in [0.2, 0.25) is 0 Å². The summed E-state index contributed by atoms with van der Waals surface area (Å²) in [5.41, 5.74) is 5.40. The van der Waals surface area contributed by atoms with Gasteiger partial charge in [0.05, 0.1) is 17.2 Å². The Kier molecular flexibility index (Phi) is 4.69. The van der Waals surface area contributed by atoms with Crippen LogP contribution in [0.25, 0.3) is 0 Å². The highest BCUT2D eigenvalue weighted by atomic mass is 32.2. The van der Waals surface area contributed by atoms with Gasteiger partial charge in [0.15, 0.2) is 6.35 Å². The number of benzene rings is 1. The lowest BCUT2D eigenvalue weighted by molar-refractivity contribution is 0.152. The monoisotopic (exact) mass is 445 g/mol. The zero-order valence-electron chi connectivity index (χ0n) is 16.4. The predicted octanol–water partition coefficient (Wildman–Crippen LogP) is 2.24. The summed E-state index contributed by atoms with van der Waals surface area (Å²) in [6.45, 7) is 0. The van der Waals surface area contributed by atoms with Gasteiger partial charge in [0.25, 0.3) is 10.0 Å². The minimum atomic E-state index is -3.94. The molecule has 1 aromatic heterocycles. The van der Waals surface area contributed by atoms with Crippen LogP contribution in [0.1, 0.15) is 59.1 Å². The van der Waals surface area contributed by atoms with E-state index in [9.17, 15) is 23.9 Å². The van der Waals surface area contributed by atoms with Gasteiger partial charge in [-0.3, -0.25) is 0 Å². The number of hydrogen-bond donors (Lipinski definition) is 4. The first kappa shape index (κ1) is 20.0. The third-order valence-corrected chi connectivity index (χ3v) is 9.25. The molecule has 1 aromatic carbocycles. The molecule has 0 spiro atoms. The molecule has 3 aliphatic carbocycles. The van der Waals surface area contributed by atoms with Crippen LogP contribution in [0.3, 0.4) is 0 Å². The fourth-order valence-corrected chi connectivity index (χ4v) is 7.02. The topological polar surface area (TPSA) is 122 Å². The lowest BCUT2D eigenvalue weighted by Gasteiger charge is -2.22. The van der Waals surface area contributed by atoms with E-state index in [1.54, 1.807) is 5.38 Å². The molecule has 1 saturated carbocycles. The molecule has 158 valence electrons. The van der Waals surface area contributed by atoms with Crippen molar-refractivity contribution in [3.8, 4) is 6.07 Å². The summed E-state index contributed by atoms with van der Waals surface area (Å²) in [6, 6.07) is 3.84. The standard InChI is InChI=1S/C21H23N3O4S2/c22-10-17-13-3-1-5-15(13)19(16-6-2-4-14(16)17)23-20(25)24-30(27,28)18-9-12(11-29-18)21(26)7-8-21/h9,11,20,23-26H,1-8H2. The maximum absolute atomic E-state index is 12.7. The number of nitriles is 1. The number of anilines is 1. The number of rotatable bonds is 6. The second-order valence-corrected chi connectivity index (χ2v) is 11.2. The number of sulfonamides is 1. The Morgan fingerprint density at radius 1 is 1.10 bits per heavy atom. The van der Waals surface area contributed by atoms with Crippen molar-refractivity contribution < 1.29 is 18.6 Å². The van der Waals surface area contributed by atoms with Crippen LogP contribution in [0.15, 0.2) is 15.7 Å². The van der Waals surface area contributed by atoms with E-state index in [1.165, 1.54) is 6.07 Å². The lowest BCUT2D eigenvalue weighted by atomic mass is 9.93. The molecule has 30 heavy (non-hydrogen) atoms. The molecular weight excluding hydrogens is 422 g/mol. The largest absolute Gasteiger partial charge is 0.385 e. The van der Waals surface area contributed by atoms with E-state index in [2.05, 4.69) is 16.1 Å². The molecule has 1 fully saturated rings. The summed E-state index contributed by atoms with van der Waals surface area (Å²) in [5.74, 6) is 0. The average molecular weight is 446 g/mol. The zero-order chi connectivity index (χ0) is 21.1. The molecule has 1 unspecified atom stereocenters. The number of hydrogen-bond acceptors (Lipinski definition) is 7. The van der Waals surface area contributed by atoms with Gasteiger partial charge in [-0.25, -0.2) is 8.42 Å². The molecule has 0 saturated heterocycles. The Morgan fingerprint density at radius 2 is 1.70 bits per heavy atom. The second kappa shape index (κ2) is 7.04. The summed E-state index contributed by atoms with van der Waals surface area (Å²) in [4.78, 5) is 0. The maximum atomic E-state index is 12.7. The van der Waals surface area contributed by atoms with Crippen molar-refractivity contribution in [1.82, 2.24) is 4.72 Å². The van der Waals surface area contributed by atoms with E-state index in [1.807, 2.05) is 0 Å². The van der Waals surface area contributed by atoms with Gasteiger partial charge >= 0.3 is 0 Å². The van der Waals surface area contributed by atoms with Crippen molar-refractivity contribution in [2.24, 2.45) is 0 Å². The number of nitrogens with one attached hydrogen (secondary N) is 2.